The zero-order valence-corrected chi connectivity index (χ0v) is 11.7. The monoisotopic (exact) mass is 270 g/mol. The molecule has 0 aliphatic heterocycles. The lowest BCUT2D eigenvalue weighted by Crippen LogP contribution is -2.08. The van der Waals surface area contributed by atoms with Gasteiger partial charge >= 0.3 is 0 Å². The summed E-state index contributed by atoms with van der Waals surface area (Å²) in [6.45, 7) is 4.35. The highest BCUT2D eigenvalue weighted by Gasteiger charge is 2.08. The number of carbonyl (C=O) groups is 1. The van der Waals surface area contributed by atoms with Crippen molar-refractivity contribution in [1.82, 2.24) is 0 Å². The van der Waals surface area contributed by atoms with E-state index in [1.165, 1.54) is 0 Å². The lowest BCUT2D eigenvalue weighted by molar-refractivity contribution is 0.112. The minimum absolute atomic E-state index is 0.0241. The highest BCUT2D eigenvalue weighted by Crippen LogP contribution is 2.29. The Bertz CT molecular complexity index is 562. The Hall–Kier alpha value is -2.29. The van der Waals surface area contributed by atoms with Gasteiger partial charge in [0.05, 0.1) is 6.10 Å². The smallest absolute Gasteiger partial charge is 0.162 e. The van der Waals surface area contributed by atoms with Gasteiger partial charge < -0.3 is 9.47 Å². The number of hydrogen-bond acceptors (Lipinski definition) is 3. The highest BCUT2D eigenvalue weighted by atomic mass is 16.5. The van der Waals surface area contributed by atoms with Crippen molar-refractivity contribution in [3.8, 4) is 11.5 Å². The Balaban J connectivity index is 2.15. The number of ether oxygens (including phenoxy) is 2. The normalized spacial score (nSPS) is 10.3. The molecule has 0 spiro atoms. The molecule has 0 bridgehead atoms. The summed E-state index contributed by atoms with van der Waals surface area (Å²) in [5.41, 5.74) is 1.66. The maximum atomic E-state index is 10.8. The summed E-state index contributed by atoms with van der Waals surface area (Å²) in [7, 11) is 0. The van der Waals surface area contributed by atoms with E-state index in [1.54, 1.807) is 18.2 Å². The van der Waals surface area contributed by atoms with Gasteiger partial charge in [-0.2, -0.15) is 0 Å². The summed E-state index contributed by atoms with van der Waals surface area (Å²) < 4.78 is 11.5. The molecular formula is C17H18O3. The molecule has 0 aromatic heterocycles. The van der Waals surface area contributed by atoms with Crippen molar-refractivity contribution >= 4 is 6.29 Å². The Morgan fingerprint density at radius 3 is 2.45 bits per heavy atom. The maximum absolute atomic E-state index is 10.8. The average molecular weight is 270 g/mol. The molecule has 3 nitrogen and oxygen atoms in total. The van der Waals surface area contributed by atoms with Crippen molar-refractivity contribution in [3.05, 3.63) is 59.7 Å². The van der Waals surface area contributed by atoms with Gasteiger partial charge in [-0.1, -0.05) is 30.3 Å². The van der Waals surface area contributed by atoms with E-state index in [0.717, 1.165) is 11.8 Å². The number of aldehydes is 1. The van der Waals surface area contributed by atoms with Gasteiger partial charge in [0.25, 0.3) is 0 Å². The molecule has 0 saturated carbocycles. The van der Waals surface area contributed by atoms with Crippen LogP contribution in [0.15, 0.2) is 48.5 Å². The zero-order chi connectivity index (χ0) is 14.4. The fourth-order valence-electron chi connectivity index (χ4n) is 1.80. The largest absolute Gasteiger partial charge is 0.487 e. The fraction of sp³-hybridized carbons (Fsp3) is 0.235. The predicted octanol–water partition coefficient (Wildman–Crippen LogP) is 3.87. The summed E-state index contributed by atoms with van der Waals surface area (Å²) in [6, 6.07) is 15.1. The van der Waals surface area contributed by atoms with Gasteiger partial charge in [0.1, 0.15) is 12.9 Å². The molecule has 2 rings (SSSR count). The summed E-state index contributed by atoms with van der Waals surface area (Å²) in [6.07, 6.45) is 0.824. The van der Waals surface area contributed by atoms with Crippen molar-refractivity contribution in [1.29, 1.82) is 0 Å². The van der Waals surface area contributed by atoms with Gasteiger partial charge in [-0.3, -0.25) is 4.79 Å². The molecule has 0 amide bonds. The third kappa shape index (κ3) is 3.85. The van der Waals surface area contributed by atoms with Crippen LogP contribution < -0.4 is 9.47 Å². The van der Waals surface area contributed by atoms with E-state index in [1.807, 2.05) is 44.2 Å². The van der Waals surface area contributed by atoms with Crippen molar-refractivity contribution in [2.45, 2.75) is 26.6 Å². The molecule has 0 unspecified atom stereocenters. The molecule has 0 saturated heterocycles. The molecule has 0 N–H and O–H groups in total. The van der Waals surface area contributed by atoms with Crippen LogP contribution >= 0.6 is 0 Å². The molecule has 104 valence electrons. The predicted molar refractivity (Wildman–Crippen MR) is 78.4 cm³/mol. The van der Waals surface area contributed by atoms with Gasteiger partial charge in [0, 0.05) is 5.56 Å². The maximum Gasteiger partial charge on any atom is 0.162 e. The molecule has 0 aliphatic carbocycles. The first-order valence-corrected chi connectivity index (χ1v) is 6.61. The van der Waals surface area contributed by atoms with Crippen molar-refractivity contribution in [3.63, 3.8) is 0 Å². The lowest BCUT2D eigenvalue weighted by Gasteiger charge is -2.15. The Kier molecular flexibility index (Phi) is 4.77. The van der Waals surface area contributed by atoms with Gasteiger partial charge in [-0.25, -0.2) is 0 Å². The van der Waals surface area contributed by atoms with Crippen LogP contribution in [-0.2, 0) is 6.61 Å². The SMILES string of the molecule is CC(C)Oc1cc(C=O)ccc1OCc1ccccc1. The van der Waals surface area contributed by atoms with Gasteiger partial charge in [-0.15, -0.1) is 0 Å². The van der Waals surface area contributed by atoms with Crippen LogP contribution in [-0.4, -0.2) is 12.4 Å². The zero-order valence-electron chi connectivity index (χ0n) is 11.7. The van der Waals surface area contributed by atoms with E-state index in [9.17, 15) is 4.79 Å². The van der Waals surface area contributed by atoms with Crippen LogP contribution in [0.2, 0.25) is 0 Å². The molecule has 2 aromatic rings. The van der Waals surface area contributed by atoms with Crippen LogP contribution in [0.3, 0.4) is 0 Å². The van der Waals surface area contributed by atoms with Gasteiger partial charge in [0.2, 0.25) is 0 Å². The summed E-state index contributed by atoms with van der Waals surface area (Å²) in [4.78, 5) is 10.8. The van der Waals surface area contributed by atoms with Gasteiger partial charge in [-0.05, 0) is 37.6 Å². The highest BCUT2D eigenvalue weighted by molar-refractivity contribution is 5.76. The first kappa shape index (κ1) is 14.1. The van der Waals surface area contributed by atoms with E-state index in [2.05, 4.69) is 0 Å². The van der Waals surface area contributed by atoms with E-state index in [0.29, 0.717) is 23.7 Å². The number of carbonyl (C=O) groups excluding carboxylic acids is 1. The summed E-state index contributed by atoms with van der Waals surface area (Å²) >= 11 is 0. The molecular weight excluding hydrogens is 252 g/mol. The second-order valence-corrected chi connectivity index (χ2v) is 4.76. The van der Waals surface area contributed by atoms with Gasteiger partial charge in [0.15, 0.2) is 11.5 Å². The summed E-state index contributed by atoms with van der Waals surface area (Å²) in [5, 5.41) is 0. The number of hydrogen-bond donors (Lipinski definition) is 0. The van der Waals surface area contributed by atoms with Crippen molar-refractivity contribution in [2.24, 2.45) is 0 Å². The number of rotatable bonds is 6. The quantitative estimate of drug-likeness (QED) is 0.748. The van der Waals surface area contributed by atoms with Crippen LogP contribution in [0.5, 0.6) is 11.5 Å². The van der Waals surface area contributed by atoms with E-state index in [-0.39, 0.29) is 6.10 Å². The van der Waals surface area contributed by atoms with E-state index >= 15 is 0 Å². The molecule has 20 heavy (non-hydrogen) atoms. The van der Waals surface area contributed by atoms with Crippen molar-refractivity contribution < 1.29 is 14.3 Å². The molecule has 3 heteroatoms. The lowest BCUT2D eigenvalue weighted by atomic mass is 10.2. The molecule has 0 atom stereocenters. The van der Waals surface area contributed by atoms with Crippen LogP contribution in [0, 0.1) is 0 Å². The molecule has 0 aliphatic rings. The second kappa shape index (κ2) is 6.75. The van der Waals surface area contributed by atoms with E-state index in [4.69, 9.17) is 9.47 Å². The van der Waals surface area contributed by atoms with Crippen LogP contribution in [0.4, 0.5) is 0 Å². The second-order valence-electron chi connectivity index (χ2n) is 4.76. The number of benzene rings is 2. The fourth-order valence-corrected chi connectivity index (χ4v) is 1.80. The molecule has 2 aromatic carbocycles. The topological polar surface area (TPSA) is 35.5 Å². The molecule has 0 fully saturated rings. The summed E-state index contributed by atoms with van der Waals surface area (Å²) in [5.74, 6) is 1.24. The van der Waals surface area contributed by atoms with Crippen LogP contribution in [0.1, 0.15) is 29.8 Å². The van der Waals surface area contributed by atoms with E-state index < -0.39 is 0 Å². The van der Waals surface area contributed by atoms with Crippen LogP contribution in [0.25, 0.3) is 0 Å². The Labute approximate surface area is 119 Å². The minimum Gasteiger partial charge on any atom is -0.487 e. The first-order chi connectivity index (χ1) is 9.69. The molecule has 0 radical (unpaired) electrons. The Morgan fingerprint density at radius 1 is 1.05 bits per heavy atom. The molecule has 0 heterocycles. The third-order valence-electron chi connectivity index (χ3n) is 2.70. The van der Waals surface area contributed by atoms with Crippen molar-refractivity contribution in [2.75, 3.05) is 0 Å². The third-order valence-corrected chi connectivity index (χ3v) is 2.70. The minimum atomic E-state index is 0.0241. The average Bonchev–Trinajstić information content (AvgIpc) is 2.46. The Morgan fingerprint density at radius 2 is 1.80 bits per heavy atom. The standard InChI is InChI=1S/C17H18O3/c1-13(2)20-17-10-15(11-18)8-9-16(17)19-12-14-6-4-3-5-7-14/h3-11,13H,12H2,1-2H3. The first-order valence-electron chi connectivity index (χ1n) is 6.61.